The zero-order valence-corrected chi connectivity index (χ0v) is 13.0. The molecule has 4 heteroatoms. The third kappa shape index (κ3) is 3.26. The molecule has 21 heavy (non-hydrogen) atoms. The first-order valence-electron chi connectivity index (χ1n) is 7.61. The zero-order valence-electron chi connectivity index (χ0n) is 13.0. The van der Waals surface area contributed by atoms with Gasteiger partial charge in [-0.25, -0.2) is 4.79 Å². The average molecular weight is 289 g/mol. The van der Waals surface area contributed by atoms with E-state index >= 15 is 0 Å². The van der Waals surface area contributed by atoms with E-state index in [1.807, 2.05) is 17.9 Å². The van der Waals surface area contributed by atoms with Crippen molar-refractivity contribution < 1.29 is 14.7 Å². The first kappa shape index (κ1) is 15.5. The minimum atomic E-state index is -1.02. The summed E-state index contributed by atoms with van der Waals surface area (Å²) < 4.78 is 0. The maximum absolute atomic E-state index is 12.9. The lowest BCUT2D eigenvalue weighted by Gasteiger charge is -2.24. The molecular weight excluding hydrogens is 266 g/mol. The molecule has 0 spiro atoms. The monoisotopic (exact) mass is 289 g/mol. The maximum atomic E-state index is 12.9. The number of carboxylic acid groups (broad SMARTS) is 1. The summed E-state index contributed by atoms with van der Waals surface area (Å²) in [4.78, 5) is 26.3. The highest BCUT2D eigenvalue weighted by molar-refractivity contribution is 6.06. The van der Waals surface area contributed by atoms with E-state index in [0.717, 1.165) is 31.2 Å². The van der Waals surface area contributed by atoms with Crippen LogP contribution in [-0.2, 0) is 0 Å². The number of amides is 1. The Morgan fingerprint density at radius 1 is 1.19 bits per heavy atom. The highest BCUT2D eigenvalue weighted by Crippen LogP contribution is 2.30. The SMILES string of the molecule is CCCCN(C(=O)c1c(C)ccc(C)c1C(=O)O)C1CC1. The van der Waals surface area contributed by atoms with Crippen molar-refractivity contribution in [1.82, 2.24) is 4.90 Å². The molecule has 1 amide bonds. The summed E-state index contributed by atoms with van der Waals surface area (Å²) >= 11 is 0. The van der Waals surface area contributed by atoms with Gasteiger partial charge in [0.25, 0.3) is 5.91 Å². The molecule has 4 nitrogen and oxygen atoms in total. The largest absolute Gasteiger partial charge is 0.478 e. The third-order valence-corrected chi connectivity index (χ3v) is 4.05. The zero-order chi connectivity index (χ0) is 15.6. The smallest absolute Gasteiger partial charge is 0.336 e. The van der Waals surface area contributed by atoms with Gasteiger partial charge in [0.1, 0.15) is 0 Å². The number of carboxylic acids is 1. The summed E-state index contributed by atoms with van der Waals surface area (Å²) in [5.74, 6) is -1.14. The summed E-state index contributed by atoms with van der Waals surface area (Å²) in [7, 11) is 0. The van der Waals surface area contributed by atoms with Gasteiger partial charge in [-0.15, -0.1) is 0 Å². The van der Waals surface area contributed by atoms with Crippen LogP contribution in [0.3, 0.4) is 0 Å². The second kappa shape index (κ2) is 6.29. The Kier molecular flexibility index (Phi) is 4.66. The Bertz CT molecular complexity index is 561. The van der Waals surface area contributed by atoms with Crippen LogP contribution in [0, 0.1) is 13.8 Å². The van der Waals surface area contributed by atoms with Crippen molar-refractivity contribution >= 4 is 11.9 Å². The van der Waals surface area contributed by atoms with Crippen LogP contribution in [0.1, 0.15) is 64.4 Å². The number of nitrogens with zero attached hydrogens (tertiary/aromatic N) is 1. The maximum Gasteiger partial charge on any atom is 0.336 e. The Balaban J connectivity index is 2.41. The van der Waals surface area contributed by atoms with E-state index in [2.05, 4.69) is 6.92 Å². The summed E-state index contributed by atoms with van der Waals surface area (Å²) in [6, 6.07) is 3.90. The molecule has 0 aromatic heterocycles. The van der Waals surface area contributed by atoms with Crippen LogP contribution in [0.15, 0.2) is 12.1 Å². The van der Waals surface area contributed by atoms with Gasteiger partial charge in [0.15, 0.2) is 0 Å². The van der Waals surface area contributed by atoms with Gasteiger partial charge < -0.3 is 10.0 Å². The molecule has 1 aliphatic carbocycles. The third-order valence-electron chi connectivity index (χ3n) is 4.05. The van der Waals surface area contributed by atoms with Crippen molar-refractivity contribution in [2.75, 3.05) is 6.54 Å². The quantitative estimate of drug-likeness (QED) is 0.873. The van der Waals surface area contributed by atoms with E-state index in [0.29, 0.717) is 23.7 Å². The molecule has 0 aliphatic heterocycles. The number of aromatic carboxylic acids is 1. The molecular formula is C17H23NO3. The normalized spacial score (nSPS) is 14.0. The van der Waals surface area contributed by atoms with Gasteiger partial charge in [0, 0.05) is 12.6 Å². The number of benzene rings is 1. The van der Waals surface area contributed by atoms with E-state index in [-0.39, 0.29) is 11.5 Å². The van der Waals surface area contributed by atoms with Crippen molar-refractivity contribution in [2.45, 2.75) is 52.5 Å². The van der Waals surface area contributed by atoms with Gasteiger partial charge in [-0.05, 0) is 44.2 Å². The van der Waals surface area contributed by atoms with Crippen LogP contribution in [0.2, 0.25) is 0 Å². The van der Waals surface area contributed by atoms with Crippen molar-refractivity contribution in [3.8, 4) is 0 Å². The molecule has 114 valence electrons. The molecule has 1 aliphatic rings. The number of rotatable bonds is 6. The molecule has 0 saturated heterocycles. The number of hydrogen-bond donors (Lipinski definition) is 1. The molecule has 1 fully saturated rings. The van der Waals surface area contributed by atoms with Crippen LogP contribution < -0.4 is 0 Å². The van der Waals surface area contributed by atoms with E-state index in [1.165, 1.54) is 0 Å². The lowest BCUT2D eigenvalue weighted by atomic mass is 9.96. The number of aryl methyl sites for hydroxylation is 2. The molecule has 1 N–H and O–H groups in total. The van der Waals surface area contributed by atoms with Gasteiger partial charge in [-0.3, -0.25) is 4.79 Å². The van der Waals surface area contributed by atoms with Gasteiger partial charge in [-0.2, -0.15) is 0 Å². The summed E-state index contributed by atoms with van der Waals surface area (Å²) in [5, 5.41) is 9.46. The Morgan fingerprint density at radius 3 is 2.24 bits per heavy atom. The highest BCUT2D eigenvalue weighted by atomic mass is 16.4. The second-order valence-electron chi connectivity index (χ2n) is 5.84. The minimum absolute atomic E-state index is 0.121. The van der Waals surface area contributed by atoms with Crippen molar-refractivity contribution in [3.63, 3.8) is 0 Å². The molecule has 0 atom stereocenters. The summed E-state index contributed by atoms with van der Waals surface area (Å²) in [6.45, 7) is 6.36. The second-order valence-corrected chi connectivity index (χ2v) is 5.84. The first-order valence-corrected chi connectivity index (χ1v) is 7.61. The van der Waals surface area contributed by atoms with Crippen LogP contribution in [-0.4, -0.2) is 34.5 Å². The molecule has 0 radical (unpaired) electrons. The van der Waals surface area contributed by atoms with E-state index in [4.69, 9.17) is 0 Å². The van der Waals surface area contributed by atoms with E-state index in [9.17, 15) is 14.7 Å². The van der Waals surface area contributed by atoms with Gasteiger partial charge in [0.05, 0.1) is 11.1 Å². The van der Waals surface area contributed by atoms with Crippen LogP contribution in [0.4, 0.5) is 0 Å². The summed E-state index contributed by atoms with van der Waals surface area (Å²) in [6.07, 6.45) is 4.04. The lowest BCUT2D eigenvalue weighted by molar-refractivity contribution is 0.0669. The number of unbranched alkanes of at least 4 members (excludes halogenated alkanes) is 1. The van der Waals surface area contributed by atoms with Gasteiger partial charge >= 0.3 is 5.97 Å². The molecule has 1 aromatic rings. The molecule has 0 heterocycles. The number of carbonyl (C=O) groups is 2. The number of hydrogen-bond acceptors (Lipinski definition) is 2. The predicted molar refractivity (Wildman–Crippen MR) is 81.8 cm³/mol. The van der Waals surface area contributed by atoms with E-state index < -0.39 is 5.97 Å². The van der Waals surface area contributed by atoms with Crippen LogP contribution in [0.5, 0.6) is 0 Å². The minimum Gasteiger partial charge on any atom is -0.478 e. The van der Waals surface area contributed by atoms with Crippen molar-refractivity contribution in [1.29, 1.82) is 0 Å². The van der Waals surface area contributed by atoms with Crippen molar-refractivity contribution in [2.24, 2.45) is 0 Å². The number of carbonyl (C=O) groups excluding carboxylic acids is 1. The highest BCUT2D eigenvalue weighted by Gasteiger charge is 2.35. The summed E-state index contributed by atoms with van der Waals surface area (Å²) in [5.41, 5.74) is 1.90. The standard InChI is InChI=1S/C17H23NO3/c1-4-5-10-18(13-8-9-13)16(19)14-11(2)6-7-12(3)15(14)17(20)21/h6-7,13H,4-5,8-10H2,1-3H3,(H,20,21). The topological polar surface area (TPSA) is 57.6 Å². The lowest BCUT2D eigenvalue weighted by Crippen LogP contribution is -2.35. The fourth-order valence-corrected chi connectivity index (χ4v) is 2.67. The van der Waals surface area contributed by atoms with Gasteiger partial charge in [-0.1, -0.05) is 25.5 Å². The Morgan fingerprint density at radius 2 is 1.76 bits per heavy atom. The van der Waals surface area contributed by atoms with Crippen LogP contribution >= 0.6 is 0 Å². The fourth-order valence-electron chi connectivity index (χ4n) is 2.67. The Hall–Kier alpha value is -1.84. The Labute approximate surface area is 125 Å². The predicted octanol–water partition coefficient (Wildman–Crippen LogP) is 3.41. The average Bonchev–Trinajstić information content (AvgIpc) is 3.25. The van der Waals surface area contributed by atoms with Gasteiger partial charge in [0.2, 0.25) is 0 Å². The molecule has 0 unspecified atom stereocenters. The molecule has 2 rings (SSSR count). The molecule has 0 bridgehead atoms. The van der Waals surface area contributed by atoms with Crippen molar-refractivity contribution in [3.05, 3.63) is 34.4 Å². The fraction of sp³-hybridized carbons (Fsp3) is 0.529. The van der Waals surface area contributed by atoms with E-state index in [1.54, 1.807) is 13.0 Å². The molecule has 1 aromatic carbocycles. The first-order chi connectivity index (χ1) is 9.97. The van der Waals surface area contributed by atoms with Crippen LogP contribution in [0.25, 0.3) is 0 Å². The molecule has 1 saturated carbocycles.